The van der Waals surface area contributed by atoms with Gasteiger partial charge >= 0.3 is 0 Å². The minimum atomic E-state index is -0.113. The molecule has 158 valence electrons. The SMILES string of the molecule is COc1ccc(CN(C)C(c2ccccc2)c2nnnn2-c2ccccc2C)cc1C. The average Bonchev–Trinajstić information content (AvgIpc) is 3.24. The lowest BCUT2D eigenvalue weighted by Crippen LogP contribution is -2.28. The van der Waals surface area contributed by atoms with E-state index in [1.165, 1.54) is 5.56 Å². The Kier molecular flexibility index (Phi) is 6.09. The molecule has 0 amide bonds. The average molecular weight is 414 g/mol. The molecule has 0 fully saturated rings. The predicted molar refractivity (Wildman–Crippen MR) is 121 cm³/mol. The topological polar surface area (TPSA) is 56.1 Å². The van der Waals surface area contributed by atoms with E-state index in [0.717, 1.165) is 40.5 Å². The van der Waals surface area contributed by atoms with Crippen LogP contribution in [0, 0.1) is 13.8 Å². The summed E-state index contributed by atoms with van der Waals surface area (Å²) in [5, 5.41) is 12.8. The molecule has 0 saturated carbocycles. The lowest BCUT2D eigenvalue weighted by atomic mass is 10.0. The van der Waals surface area contributed by atoms with Gasteiger partial charge in [-0.15, -0.1) is 5.10 Å². The number of hydrogen-bond acceptors (Lipinski definition) is 5. The van der Waals surface area contributed by atoms with E-state index in [4.69, 9.17) is 4.74 Å². The molecule has 6 heteroatoms. The van der Waals surface area contributed by atoms with Crippen LogP contribution >= 0.6 is 0 Å². The Morgan fingerprint density at radius 2 is 1.68 bits per heavy atom. The van der Waals surface area contributed by atoms with Gasteiger partial charge in [0.05, 0.1) is 18.8 Å². The molecule has 1 atom stereocenters. The third-order valence-electron chi connectivity index (χ3n) is 5.53. The van der Waals surface area contributed by atoms with Gasteiger partial charge in [0.25, 0.3) is 0 Å². The number of rotatable bonds is 7. The zero-order valence-electron chi connectivity index (χ0n) is 18.4. The van der Waals surface area contributed by atoms with Gasteiger partial charge in [0.2, 0.25) is 0 Å². The third kappa shape index (κ3) is 4.34. The first-order valence-corrected chi connectivity index (χ1v) is 10.3. The highest BCUT2D eigenvalue weighted by Crippen LogP contribution is 2.30. The number of para-hydroxylation sites is 1. The van der Waals surface area contributed by atoms with Gasteiger partial charge in [0.1, 0.15) is 5.75 Å². The van der Waals surface area contributed by atoms with Crippen LogP contribution in [0.15, 0.2) is 72.8 Å². The number of aryl methyl sites for hydroxylation is 2. The highest BCUT2D eigenvalue weighted by molar-refractivity contribution is 5.41. The Balaban J connectivity index is 1.74. The van der Waals surface area contributed by atoms with E-state index in [0.29, 0.717) is 0 Å². The molecule has 0 aliphatic rings. The maximum atomic E-state index is 5.41. The van der Waals surface area contributed by atoms with Gasteiger partial charge in [-0.25, -0.2) is 0 Å². The van der Waals surface area contributed by atoms with Gasteiger partial charge in [-0.05, 0) is 65.7 Å². The zero-order valence-corrected chi connectivity index (χ0v) is 18.4. The fourth-order valence-electron chi connectivity index (χ4n) is 3.99. The number of tetrazole rings is 1. The predicted octanol–water partition coefficient (Wildman–Crippen LogP) is 4.51. The first-order chi connectivity index (χ1) is 15.1. The molecule has 0 N–H and O–H groups in total. The summed E-state index contributed by atoms with van der Waals surface area (Å²) < 4.78 is 7.26. The monoisotopic (exact) mass is 413 g/mol. The van der Waals surface area contributed by atoms with Crippen LogP contribution in [0.2, 0.25) is 0 Å². The standard InChI is InChI=1S/C25H27N5O/c1-18-10-8-9-13-22(18)30-25(26-27-28-30)24(21-11-6-5-7-12-21)29(3)17-20-14-15-23(31-4)19(2)16-20/h5-16,24H,17H2,1-4H3. The second-order valence-corrected chi connectivity index (χ2v) is 7.77. The number of benzene rings is 3. The summed E-state index contributed by atoms with van der Waals surface area (Å²) in [4.78, 5) is 2.27. The second kappa shape index (κ2) is 9.10. The highest BCUT2D eigenvalue weighted by Gasteiger charge is 2.26. The van der Waals surface area contributed by atoms with E-state index in [-0.39, 0.29) is 6.04 Å². The summed E-state index contributed by atoms with van der Waals surface area (Å²) in [6, 6.07) is 24.7. The summed E-state index contributed by atoms with van der Waals surface area (Å²) in [7, 11) is 3.80. The molecule has 0 aliphatic carbocycles. The van der Waals surface area contributed by atoms with E-state index in [1.54, 1.807) is 7.11 Å². The minimum absolute atomic E-state index is 0.113. The van der Waals surface area contributed by atoms with E-state index in [2.05, 4.69) is 83.8 Å². The van der Waals surface area contributed by atoms with Crippen molar-refractivity contribution in [1.29, 1.82) is 0 Å². The van der Waals surface area contributed by atoms with Crippen molar-refractivity contribution in [2.24, 2.45) is 0 Å². The van der Waals surface area contributed by atoms with Gasteiger partial charge in [-0.3, -0.25) is 4.90 Å². The van der Waals surface area contributed by atoms with E-state index >= 15 is 0 Å². The molecule has 0 aliphatic heterocycles. The van der Waals surface area contributed by atoms with Gasteiger partial charge in [-0.1, -0.05) is 60.7 Å². The van der Waals surface area contributed by atoms with Crippen molar-refractivity contribution in [2.45, 2.75) is 26.4 Å². The number of nitrogens with zero attached hydrogens (tertiary/aromatic N) is 5. The fraction of sp³-hybridized carbons (Fsp3) is 0.240. The van der Waals surface area contributed by atoms with Crippen molar-refractivity contribution in [1.82, 2.24) is 25.1 Å². The first kappa shape index (κ1) is 20.8. The largest absolute Gasteiger partial charge is 0.496 e. The molecule has 0 radical (unpaired) electrons. The normalized spacial score (nSPS) is 12.2. The summed E-state index contributed by atoms with van der Waals surface area (Å²) in [5.74, 6) is 1.68. The molecule has 1 aromatic heterocycles. The van der Waals surface area contributed by atoms with Crippen LogP contribution in [0.1, 0.15) is 34.1 Å². The lowest BCUT2D eigenvalue weighted by molar-refractivity contribution is 0.258. The van der Waals surface area contributed by atoms with Crippen LogP contribution in [0.3, 0.4) is 0 Å². The van der Waals surface area contributed by atoms with Gasteiger partial charge < -0.3 is 4.74 Å². The van der Waals surface area contributed by atoms with Crippen molar-refractivity contribution >= 4 is 0 Å². The third-order valence-corrected chi connectivity index (χ3v) is 5.53. The highest BCUT2D eigenvalue weighted by atomic mass is 16.5. The molecule has 0 spiro atoms. The Morgan fingerprint density at radius 1 is 0.935 bits per heavy atom. The molecule has 0 bridgehead atoms. The minimum Gasteiger partial charge on any atom is -0.496 e. The summed E-state index contributed by atoms with van der Waals surface area (Å²) >= 11 is 0. The number of hydrogen-bond donors (Lipinski definition) is 0. The van der Waals surface area contributed by atoms with E-state index in [1.807, 2.05) is 35.0 Å². The summed E-state index contributed by atoms with van der Waals surface area (Å²) in [6.07, 6.45) is 0. The number of ether oxygens (including phenoxy) is 1. The second-order valence-electron chi connectivity index (χ2n) is 7.77. The number of aromatic nitrogens is 4. The fourth-order valence-corrected chi connectivity index (χ4v) is 3.99. The molecule has 3 aromatic carbocycles. The van der Waals surface area contributed by atoms with Crippen molar-refractivity contribution in [3.8, 4) is 11.4 Å². The Labute approximate surface area is 183 Å². The molecule has 1 unspecified atom stereocenters. The van der Waals surface area contributed by atoms with Gasteiger partial charge in [0.15, 0.2) is 5.82 Å². The molecule has 31 heavy (non-hydrogen) atoms. The summed E-state index contributed by atoms with van der Waals surface area (Å²) in [6.45, 7) is 4.88. The molecule has 4 aromatic rings. The Morgan fingerprint density at radius 3 is 2.39 bits per heavy atom. The zero-order chi connectivity index (χ0) is 21.8. The van der Waals surface area contributed by atoms with Crippen LogP contribution in [0.5, 0.6) is 5.75 Å². The molecular formula is C25H27N5O. The Bertz CT molecular complexity index is 1160. The van der Waals surface area contributed by atoms with Crippen molar-refractivity contribution < 1.29 is 4.74 Å². The number of methoxy groups -OCH3 is 1. The van der Waals surface area contributed by atoms with Crippen molar-refractivity contribution in [3.63, 3.8) is 0 Å². The van der Waals surface area contributed by atoms with Gasteiger partial charge in [-0.2, -0.15) is 4.68 Å². The smallest absolute Gasteiger partial charge is 0.178 e. The maximum absolute atomic E-state index is 5.41. The van der Waals surface area contributed by atoms with Crippen molar-refractivity contribution in [2.75, 3.05) is 14.2 Å². The van der Waals surface area contributed by atoms with E-state index in [9.17, 15) is 0 Å². The van der Waals surface area contributed by atoms with Crippen LogP contribution < -0.4 is 4.74 Å². The molecule has 0 saturated heterocycles. The molecular weight excluding hydrogens is 386 g/mol. The van der Waals surface area contributed by atoms with Crippen LogP contribution in [0.25, 0.3) is 5.69 Å². The van der Waals surface area contributed by atoms with Crippen LogP contribution in [-0.4, -0.2) is 39.3 Å². The quantitative estimate of drug-likeness (QED) is 0.446. The first-order valence-electron chi connectivity index (χ1n) is 10.3. The van der Waals surface area contributed by atoms with E-state index < -0.39 is 0 Å². The Hall–Kier alpha value is -3.51. The van der Waals surface area contributed by atoms with Crippen LogP contribution in [0.4, 0.5) is 0 Å². The lowest BCUT2D eigenvalue weighted by Gasteiger charge is -2.28. The van der Waals surface area contributed by atoms with Crippen LogP contribution in [-0.2, 0) is 6.54 Å². The molecule has 4 rings (SSSR count). The van der Waals surface area contributed by atoms with Crippen molar-refractivity contribution in [3.05, 3.63) is 101 Å². The van der Waals surface area contributed by atoms with Gasteiger partial charge in [0, 0.05) is 6.54 Å². The summed E-state index contributed by atoms with van der Waals surface area (Å²) in [5.41, 5.74) is 5.57. The molecule has 1 heterocycles. The molecule has 6 nitrogen and oxygen atoms in total. The maximum Gasteiger partial charge on any atom is 0.178 e.